The quantitative estimate of drug-likeness (QED) is 0.340. The minimum absolute atomic E-state index is 0.212. The zero-order valence-electron chi connectivity index (χ0n) is 8.88. The Labute approximate surface area is 145 Å². The normalized spacial score (nSPS) is 10.9. The third-order valence-electron chi connectivity index (χ3n) is 2.42. The molecule has 0 saturated heterocycles. The van der Waals surface area contributed by atoms with Crippen LogP contribution in [0.1, 0.15) is 0 Å². The molecule has 0 amide bonds. The fourth-order valence-electron chi connectivity index (χ4n) is 1.53. The Morgan fingerprint density at radius 1 is 0.526 bits per heavy atom. The smallest absolute Gasteiger partial charge is 0.0784 e. The molecule has 0 unspecified atom stereocenters. The predicted octanol–water partition coefficient (Wildman–Crippen LogP) is 7.93. The molecule has 19 heavy (non-hydrogen) atoms. The van der Waals surface area contributed by atoms with Gasteiger partial charge in [-0.25, -0.2) is 0 Å². The van der Waals surface area contributed by atoms with Crippen molar-refractivity contribution in [1.29, 1.82) is 0 Å². The van der Waals surface area contributed by atoms with E-state index >= 15 is 0 Å². The van der Waals surface area contributed by atoms with Crippen LogP contribution in [-0.4, -0.2) is 0 Å². The van der Waals surface area contributed by atoms with Gasteiger partial charge in [-0.1, -0.05) is 87.3 Å². The van der Waals surface area contributed by atoms with E-state index < -0.39 is 0 Å². The van der Waals surface area contributed by atoms with Gasteiger partial charge in [0.25, 0.3) is 0 Å². The zero-order chi connectivity index (χ0) is 14.3. The van der Waals surface area contributed by atoms with Gasteiger partial charge in [0.2, 0.25) is 0 Å². The molecule has 2 aromatic rings. The van der Waals surface area contributed by atoms with Crippen molar-refractivity contribution < 1.29 is 0 Å². The molecule has 0 aliphatic carbocycles. The van der Waals surface area contributed by atoms with E-state index in [1.165, 1.54) is 6.07 Å². The van der Waals surface area contributed by atoms with E-state index in [0.29, 0.717) is 16.1 Å². The van der Waals surface area contributed by atoms with Crippen LogP contribution in [0.5, 0.6) is 0 Å². The molecule has 0 saturated carbocycles. The molecule has 2 aromatic carbocycles. The van der Waals surface area contributed by atoms with Gasteiger partial charge in [-0.3, -0.25) is 0 Å². The summed E-state index contributed by atoms with van der Waals surface area (Å²) in [5.41, 5.74) is 0.930. The molecule has 2 rings (SSSR count). The summed E-state index contributed by atoms with van der Waals surface area (Å²) in [6, 6.07) is 4.70. The third kappa shape index (κ3) is 2.91. The Balaban J connectivity index is 2.83. The highest BCUT2D eigenvalue weighted by molar-refractivity contribution is 6.52. The molecule has 0 radical (unpaired) electrons. The Morgan fingerprint density at radius 3 is 1.58 bits per heavy atom. The van der Waals surface area contributed by atoms with E-state index in [1.807, 2.05) is 0 Å². The van der Waals surface area contributed by atoms with E-state index in [1.54, 1.807) is 12.1 Å². The van der Waals surface area contributed by atoms with Crippen LogP contribution in [0.2, 0.25) is 35.2 Å². The van der Waals surface area contributed by atoms with Crippen LogP contribution < -0.4 is 0 Å². The average Bonchev–Trinajstić information content (AvgIpc) is 2.36. The van der Waals surface area contributed by atoms with Gasteiger partial charge in [0.15, 0.2) is 0 Å². The largest absolute Gasteiger partial charge is 0.0827 e. The maximum atomic E-state index is 6.16. The van der Waals surface area contributed by atoms with E-state index in [-0.39, 0.29) is 30.1 Å². The van der Waals surface area contributed by atoms with E-state index in [9.17, 15) is 0 Å². The van der Waals surface area contributed by atoms with Crippen molar-refractivity contribution in [3.05, 3.63) is 53.4 Å². The first-order valence-corrected chi connectivity index (χ1v) is 7.46. The molecule has 0 heterocycles. The minimum Gasteiger partial charge on any atom is -0.0827 e. The van der Waals surface area contributed by atoms with Gasteiger partial charge >= 0.3 is 0 Å². The summed E-state index contributed by atoms with van der Waals surface area (Å²) < 4.78 is 0. The number of benzene rings is 2. The fourth-order valence-corrected chi connectivity index (χ4v) is 3.17. The lowest BCUT2D eigenvalue weighted by Gasteiger charge is -2.13. The van der Waals surface area contributed by atoms with Gasteiger partial charge in [0, 0.05) is 11.1 Å². The SMILES string of the molecule is Clc1ccc(-c2c(Cl)c(Cl)cc(Cl)c2Cl)c(Cl)c1Cl. The van der Waals surface area contributed by atoms with E-state index in [0.717, 1.165) is 0 Å². The highest BCUT2D eigenvalue weighted by Crippen LogP contribution is 2.47. The van der Waals surface area contributed by atoms with Gasteiger partial charge in [-0.05, 0) is 12.1 Å². The lowest BCUT2D eigenvalue weighted by Crippen LogP contribution is -1.87. The van der Waals surface area contributed by atoms with E-state index in [4.69, 9.17) is 81.2 Å². The minimum atomic E-state index is 0.212. The number of hydrogen-bond donors (Lipinski definition) is 0. The second kappa shape index (κ2) is 6.07. The summed E-state index contributed by atoms with van der Waals surface area (Å²) in [4.78, 5) is 0. The highest BCUT2D eigenvalue weighted by Gasteiger charge is 2.19. The number of hydrogen-bond acceptors (Lipinski definition) is 0. The maximum absolute atomic E-state index is 6.16. The van der Waals surface area contributed by atoms with Crippen molar-refractivity contribution in [2.24, 2.45) is 0 Å². The first-order valence-electron chi connectivity index (χ1n) is 4.81. The van der Waals surface area contributed by atoms with Gasteiger partial charge in [0.05, 0.1) is 35.2 Å². The van der Waals surface area contributed by atoms with Gasteiger partial charge in [0.1, 0.15) is 0 Å². The molecular weight excluding hydrogens is 392 g/mol. The Kier molecular flexibility index (Phi) is 5.07. The van der Waals surface area contributed by atoms with Crippen molar-refractivity contribution in [3.63, 3.8) is 0 Å². The average molecular weight is 395 g/mol. The molecule has 0 aliphatic rings. The molecule has 0 nitrogen and oxygen atoms in total. The van der Waals surface area contributed by atoms with Crippen LogP contribution in [-0.2, 0) is 0 Å². The van der Waals surface area contributed by atoms with Crippen LogP contribution in [0.25, 0.3) is 11.1 Å². The molecule has 0 atom stereocenters. The predicted molar refractivity (Wildman–Crippen MR) is 86.9 cm³/mol. The molecule has 0 fully saturated rings. The second-order valence-electron chi connectivity index (χ2n) is 3.57. The zero-order valence-corrected chi connectivity index (χ0v) is 14.2. The Hall–Kier alpha value is 0.470. The summed E-state index contributed by atoms with van der Waals surface area (Å²) in [6.07, 6.45) is 0. The highest BCUT2D eigenvalue weighted by atomic mass is 35.5. The maximum Gasteiger partial charge on any atom is 0.0784 e. The molecule has 0 aliphatic heterocycles. The van der Waals surface area contributed by atoms with E-state index in [2.05, 4.69) is 0 Å². The van der Waals surface area contributed by atoms with Crippen LogP contribution in [0.4, 0.5) is 0 Å². The summed E-state index contributed by atoms with van der Waals surface area (Å²) in [5.74, 6) is 0. The molecule has 0 N–H and O–H groups in total. The van der Waals surface area contributed by atoms with Crippen LogP contribution in [0.3, 0.4) is 0 Å². The fraction of sp³-hybridized carbons (Fsp3) is 0. The molecule has 0 aromatic heterocycles. The van der Waals surface area contributed by atoms with Crippen molar-refractivity contribution >= 4 is 81.2 Å². The number of rotatable bonds is 1. The molecule has 7 heteroatoms. The van der Waals surface area contributed by atoms with Crippen molar-refractivity contribution in [1.82, 2.24) is 0 Å². The molecule has 0 bridgehead atoms. The molecule has 0 spiro atoms. The lowest BCUT2D eigenvalue weighted by atomic mass is 10.1. The summed E-state index contributed by atoms with van der Waals surface area (Å²) in [6.45, 7) is 0. The third-order valence-corrected chi connectivity index (χ3v) is 5.28. The van der Waals surface area contributed by atoms with Crippen molar-refractivity contribution in [3.8, 4) is 11.1 Å². The van der Waals surface area contributed by atoms with Crippen molar-refractivity contribution in [2.75, 3.05) is 0 Å². The lowest BCUT2D eigenvalue weighted by molar-refractivity contribution is 1.61. The van der Waals surface area contributed by atoms with Gasteiger partial charge in [-0.2, -0.15) is 0 Å². The Morgan fingerprint density at radius 2 is 1.05 bits per heavy atom. The van der Waals surface area contributed by atoms with Crippen LogP contribution >= 0.6 is 81.2 Å². The first-order chi connectivity index (χ1) is 8.84. The molecule has 100 valence electrons. The monoisotopic (exact) mass is 392 g/mol. The van der Waals surface area contributed by atoms with Crippen LogP contribution in [0, 0.1) is 0 Å². The van der Waals surface area contributed by atoms with Gasteiger partial charge in [-0.15, -0.1) is 0 Å². The van der Waals surface area contributed by atoms with Gasteiger partial charge < -0.3 is 0 Å². The van der Waals surface area contributed by atoms with Crippen molar-refractivity contribution in [2.45, 2.75) is 0 Å². The summed E-state index contributed by atoms with van der Waals surface area (Å²) >= 11 is 42.3. The topological polar surface area (TPSA) is 0 Å². The Bertz CT molecular complexity index is 638. The summed E-state index contributed by atoms with van der Waals surface area (Å²) in [7, 11) is 0. The second-order valence-corrected chi connectivity index (χ2v) is 6.30. The standard InChI is InChI=1S/C12H3Cl7/c13-5-2-1-4(9(16)12(5)19)8-10(17)6(14)3-7(15)11(8)18/h1-3H. The number of halogens is 7. The van der Waals surface area contributed by atoms with Crippen LogP contribution in [0.15, 0.2) is 18.2 Å². The first kappa shape index (κ1) is 15.9. The summed E-state index contributed by atoms with van der Waals surface area (Å²) in [5, 5.41) is 1.81. The molecular formula is C12H3Cl7.